The summed E-state index contributed by atoms with van der Waals surface area (Å²) in [7, 11) is 0. The minimum atomic E-state index is 0.144. The number of aromatic nitrogens is 1. The third-order valence-corrected chi connectivity index (χ3v) is 5.14. The Morgan fingerprint density at radius 1 is 1.24 bits per heavy atom. The highest BCUT2D eigenvalue weighted by Crippen LogP contribution is 2.32. The Labute approximate surface area is 158 Å². The van der Waals surface area contributed by atoms with Crippen LogP contribution in [0.2, 0.25) is 0 Å². The Bertz CT molecular complexity index is 747. The van der Waals surface area contributed by atoms with Crippen molar-refractivity contribution in [2.45, 2.75) is 39.7 Å². The van der Waals surface area contributed by atoms with Gasteiger partial charge in [0.15, 0.2) is 0 Å². The van der Waals surface area contributed by atoms with Gasteiger partial charge in [0.25, 0.3) is 0 Å². The molecule has 2 aromatic rings. The molecule has 1 aliphatic rings. The summed E-state index contributed by atoms with van der Waals surface area (Å²) in [5, 5.41) is 0. The third kappa shape index (κ3) is 4.21. The van der Waals surface area contributed by atoms with Crippen LogP contribution < -0.4 is 4.74 Å². The second kappa shape index (κ2) is 8.00. The van der Waals surface area contributed by atoms with E-state index in [0.717, 1.165) is 41.8 Å². The number of nitrogens with zero attached hydrogens (tertiary/aromatic N) is 3. The van der Waals surface area contributed by atoms with E-state index in [1.54, 1.807) is 0 Å². The summed E-state index contributed by atoms with van der Waals surface area (Å²) in [4.78, 5) is 11.3. The fourth-order valence-electron chi connectivity index (χ4n) is 3.05. The van der Waals surface area contributed by atoms with Gasteiger partial charge in [-0.1, -0.05) is 24.3 Å². The molecule has 1 heterocycles. The highest BCUT2D eigenvalue weighted by atomic mass is 79.9. The summed E-state index contributed by atoms with van der Waals surface area (Å²) in [5.41, 5.74) is 4.49. The van der Waals surface area contributed by atoms with Crippen LogP contribution in [0.4, 0.5) is 5.69 Å². The quantitative estimate of drug-likeness (QED) is 0.519. The van der Waals surface area contributed by atoms with Crippen LogP contribution in [0.3, 0.4) is 0 Å². The van der Waals surface area contributed by atoms with Crippen LogP contribution in [-0.4, -0.2) is 35.4 Å². The van der Waals surface area contributed by atoms with Crippen LogP contribution in [0.1, 0.15) is 30.7 Å². The van der Waals surface area contributed by atoms with Crippen molar-refractivity contribution in [3.8, 4) is 5.88 Å². The normalized spacial score (nSPS) is 14.1. The lowest BCUT2D eigenvalue weighted by molar-refractivity contribution is 0.203. The van der Waals surface area contributed by atoms with Gasteiger partial charge in [-0.05, 0) is 53.9 Å². The fraction of sp³-hybridized carbons (Fsp3) is 0.400. The summed E-state index contributed by atoms with van der Waals surface area (Å²) in [6.45, 7) is 8.09. The van der Waals surface area contributed by atoms with E-state index in [1.807, 2.05) is 19.3 Å². The molecule has 1 aromatic heterocycles. The van der Waals surface area contributed by atoms with Gasteiger partial charge >= 0.3 is 0 Å². The van der Waals surface area contributed by atoms with Crippen LogP contribution in [-0.2, 0) is 12.8 Å². The van der Waals surface area contributed by atoms with Gasteiger partial charge in [0.05, 0.1) is 22.2 Å². The molecule has 0 saturated carbocycles. The Hall–Kier alpha value is -1.88. The van der Waals surface area contributed by atoms with Crippen molar-refractivity contribution >= 4 is 28.0 Å². The van der Waals surface area contributed by atoms with Crippen molar-refractivity contribution in [2.75, 3.05) is 13.1 Å². The highest BCUT2D eigenvalue weighted by molar-refractivity contribution is 9.10. The fourth-order valence-corrected chi connectivity index (χ4v) is 3.45. The van der Waals surface area contributed by atoms with Crippen molar-refractivity contribution in [1.82, 2.24) is 9.88 Å². The molecule has 0 saturated heterocycles. The molecule has 0 aliphatic heterocycles. The highest BCUT2D eigenvalue weighted by Gasteiger charge is 2.24. The Morgan fingerprint density at radius 3 is 2.48 bits per heavy atom. The standard InChI is InChI=1S/C20H24BrN3O/c1-4-24(5-2)13-22-19-12-18(21)20(23-14(19)3)25-17-10-15-8-6-7-9-16(15)11-17/h6-9,12-13,17H,4-5,10-11H2,1-3H3. The number of halogens is 1. The molecular formula is C20H24BrN3O. The summed E-state index contributed by atoms with van der Waals surface area (Å²) in [6, 6.07) is 10.5. The van der Waals surface area contributed by atoms with Gasteiger partial charge in [0, 0.05) is 25.9 Å². The Kier molecular flexibility index (Phi) is 5.74. The molecule has 0 bridgehead atoms. The van der Waals surface area contributed by atoms with E-state index in [1.165, 1.54) is 11.1 Å². The number of hydrogen-bond donors (Lipinski definition) is 0. The van der Waals surface area contributed by atoms with Crippen LogP contribution >= 0.6 is 15.9 Å². The van der Waals surface area contributed by atoms with Gasteiger partial charge in [-0.3, -0.25) is 0 Å². The summed E-state index contributed by atoms with van der Waals surface area (Å²) >= 11 is 3.59. The van der Waals surface area contributed by atoms with E-state index in [-0.39, 0.29) is 6.10 Å². The maximum absolute atomic E-state index is 6.17. The number of pyridine rings is 1. The zero-order chi connectivity index (χ0) is 17.8. The SMILES string of the molecule is CCN(C=Nc1cc(Br)c(OC2Cc3ccccc3C2)nc1C)CC. The van der Waals surface area contributed by atoms with Crippen LogP contribution in [0.5, 0.6) is 5.88 Å². The first kappa shape index (κ1) is 17.9. The minimum absolute atomic E-state index is 0.144. The number of hydrogen-bond acceptors (Lipinski definition) is 3. The lowest BCUT2D eigenvalue weighted by Gasteiger charge is -2.16. The number of rotatable bonds is 6. The molecule has 132 valence electrons. The van der Waals surface area contributed by atoms with E-state index in [9.17, 15) is 0 Å². The largest absolute Gasteiger partial charge is 0.473 e. The molecule has 5 heteroatoms. The van der Waals surface area contributed by atoms with E-state index < -0.39 is 0 Å². The summed E-state index contributed by atoms with van der Waals surface area (Å²) in [6.07, 6.45) is 3.90. The van der Waals surface area contributed by atoms with Crippen molar-refractivity contribution in [2.24, 2.45) is 4.99 Å². The first-order valence-electron chi connectivity index (χ1n) is 8.79. The van der Waals surface area contributed by atoms with E-state index in [2.05, 4.69) is 68.9 Å². The summed E-state index contributed by atoms with van der Waals surface area (Å²) < 4.78 is 7.02. The van der Waals surface area contributed by atoms with Crippen molar-refractivity contribution in [3.05, 3.63) is 51.6 Å². The predicted molar refractivity (Wildman–Crippen MR) is 106 cm³/mol. The van der Waals surface area contributed by atoms with Gasteiger partial charge in [0.2, 0.25) is 5.88 Å². The number of aryl methyl sites for hydroxylation is 1. The average Bonchev–Trinajstić information content (AvgIpc) is 3.02. The predicted octanol–water partition coefficient (Wildman–Crippen LogP) is 4.70. The molecule has 0 fully saturated rings. The molecule has 0 spiro atoms. The Balaban J connectivity index is 1.73. The lowest BCUT2D eigenvalue weighted by atomic mass is 10.1. The number of aliphatic imine (C=N–C) groups is 1. The maximum atomic E-state index is 6.17. The molecule has 0 amide bonds. The molecule has 25 heavy (non-hydrogen) atoms. The first-order valence-corrected chi connectivity index (χ1v) is 9.58. The monoisotopic (exact) mass is 401 g/mol. The smallest absolute Gasteiger partial charge is 0.228 e. The molecule has 4 nitrogen and oxygen atoms in total. The van der Waals surface area contributed by atoms with E-state index >= 15 is 0 Å². The molecule has 0 radical (unpaired) electrons. The second-order valence-corrected chi connectivity index (χ2v) is 7.12. The molecule has 0 N–H and O–H groups in total. The van der Waals surface area contributed by atoms with Gasteiger partial charge in [0.1, 0.15) is 6.10 Å². The van der Waals surface area contributed by atoms with Gasteiger partial charge < -0.3 is 9.64 Å². The van der Waals surface area contributed by atoms with Crippen LogP contribution in [0.25, 0.3) is 0 Å². The molecule has 0 atom stereocenters. The maximum Gasteiger partial charge on any atom is 0.228 e. The zero-order valence-corrected chi connectivity index (χ0v) is 16.6. The third-order valence-electron chi connectivity index (χ3n) is 4.57. The molecule has 3 rings (SSSR count). The number of fused-ring (bicyclic) bond motifs is 1. The van der Waals surface area contributed by atoms with Gasteiger partial charge in [-0.2, -0.15) is 0 Å². The first-order chi connectivity index (χ1) is 12.1. The topological polar surface area (TPSA) is 37.7 Å². The minimum Gasteiger partial charge on any atom is -0.473 e. The van der Waals surface area contributed by atoms with Gasteiger partial charge in [-0.25, -0.2) is 9.98 Å². The second-order valence-electron chi connectivity index (χ2n) is 6.26. The summed E-state index contributed by atoms with van der Waals surface area (Å²) in [5.74, 6) is 0.650. The van der Waals surface area contributed by atoms with Crippen molar-refractivity contribution in [1.29, 1.82) is 0 Å². The van der Waals surface area contributed by atoms with Crippen molar-refractivity contribution < 1.29 is 4.74 Å². The molecule has 0 unspecified atom stereocenters. The van der Waals surface area contributed by atoms with E-state index in [4.69, 9.17) is 4.74 Å². The lowest BCUT2D eigenvalue weighted by Crippen LogP contribution is -2.20. The molecule has 1 aliphatic carbocycles. The molecule has 1 aromatic carbocycles. The average molecular weight is 402 g/mol. The van der Waals surface area contributed by atoms with Gasteiger partial charge in [-0.15, -0.1) is 0 Å². The van der Waals surface area contributed by atoms with Crippen LogP contribution in [0.15, 0.2) is 39.8 Å². The molecular weight excluding hydrogens is 378 g/mol. The number of ether oxygens (including phenoxy) is 1. The Morgan fingerprint density at radius 2 is 1.88 bits per heavy atom. The van der Waals surface area contributed by atoms with Crippen LogP contribution in [0, 0.1) is 6.92 Å². The van der Waals surface area contributed by atoms with E-state index in [0.29, 0.717) is 5.88 Å². The zero-order valence-electron chi connectivity index (χ0n) is 15.0. The number of benzene rings is 1. The van der Waals surface area contributed by atoms with Crippen molar-refractivity contribution in [3.63, 3.8) is 0 Å².